The summed E-state index contributed by atoms with van der Waals surface area (Å²) in [6.07, 6.45) is 0.174. The van der Waals surface area contributed by atoms with Crippen LogP contribution in [0.3, 0.4) is 0 Å². The van der Waals surface area contributed by atoms with Crippen molar-refractivity contribution in [3.05, 3.63) is 41.0 Å². The number of anilines is 2. The fraction of sp³-hybridized carbons (Fsp3) is 0.571. The minimum Gasteiger partial charge on any atom is -0.467 e. The number of nitriles is 1. The quantitative estimate of drug-likeness (QED) is 0.195. The van der Waals surface area contributed by atoms with Gasteiger partial charge in [0.15, 0.2) is 5.82 Å². The number of likely N-dealkylation sites (tertiary alicyclic amines) is 2. The van der Waals surface area contributed by atoms with Gasteiger partial charge in [-0.3, -0.25) is 4.90 Å². The zero-order chi connectivity index (χ0) is 43.4. The van der Waals surface area contributed by atoms with Crippen LogP contribution in [0.15, 0.2) is 18.2 Å². The third-order valence-corrected chi connectivity index (χ3v) is 12.5. The van der Waals surface area contributed by atoms with E-state index in [-0.39, 0.29) is 61.4 Å². The Morgan fingerprint density at radius 3 is 2.37 bits per heavy atom. The SMILES string of the molecule is CC.CC1CN(C(=O)N2CCCC2)CC1(C)C.CCNc1nc(OC)nc2c(F)c(-c3ccc(F)c4sc(N)c(C#N)c34)c(C(F)(F)F)cc12.FC1CC2CCCN2C1. The van der Waals surface area contributed by atoms with Gasteiger partial charge in [0.2, 0.25) is 0 Å². The average Bonchev–Trinajstić information content (AvgIpc) is 4.04. The maximum atomic E-state index is 15.9. The molecule has 2 amide bonds. The number of ether oxygens (including phenoxy) is 1. The Morgan fingerprint density at radius 1 is 1.10 bits per heavy atom. The second-order valence-electron chi connectivity index (χ2n) is 15.7. The third kappa shape index (κ3) is 9.59. The summed E-state index contributed by atoms with van der Waals surface area (Å²) < 4.78 is 90.2. The highest BCUT2D eigenvalue weighted by Crippen LogP contribution is 2.48. The predicted molar refractivity (Wildman–Crippen MR) is 221 cm³/mol. The van der Waals surface area contributed by atoms with E-state index in [9.17, 15) is 32.0 Å². The van der Waals surface area contributed by atoms with E-state index in [0.717, 1.165) is 57.3 Å². The van der Waals surface area contributed by atoms with Crippen LogP contribution < -0.4 is 15.8 Å². The molecule has 0 aliphatic carbocycles. The Kier molecular flexibility index (Phi) is 14.5. The summed E-state index contributed by atoms with van der Waals surface area (Å²) in [5, 5.41) is 11.8. The number of carbonyl (C=O) groups is 1. The second-order valence-corrected chi connectivity index (χ2v) is 16.8. The average molecular weight is 849 g/mol. The van der Waals surface area contributed by atoms with Crippen LogP contribution in [-0.2, 0) is 6.18 Å². The lowest BCUT2D eigenvalue weighted by molar-refractivity contribution is -0.137. The van der Waals surface area contributed by atoms with Crippen molar-refractivity contribution in [3.63, 3.8) is 0 Å². The lowest BCUT2D eigenvalue weighted by Crippen LogP contribution is -2.41. The van der Waals surface area contributed by atoms with E-state index in [1.807, 2.05) is 23.6 Å². The molecule has 2 aromatic carbocycles. The first-order valence-corrected chi connectivity index (χ1v) is 21.0. The van der Waals surface area contributed by atoms with Crippen molar-refractivity contribution < 1.29 is 35.9 Å². The van der Waals surface area contributed by atoms with Crippen LogP contribution in [0, 0.1) is 34.3 Å². The fourth-order valence-electron chi connectivity index (χ4n) is 8.17. The van der Waals surface area contributed by atoms with Gasteiger partial charge in [0, 0.05) is 61.6 Å². The van der Waals surface area contributed by atoms with Crippen molar-refractivity contribution in [2.24, 2.45) is 11.3 Å². The molecule has 0 saturated carbocycles. The van der Waals surface area contributed by atoms with Crippen LogP contribution in [0.1, 0.15) is 84.8 Å². The van der Waals surface area contributed by atoms with E-state index in [0.29, 0.717) is 29.8 Å². The van der Waals surface area contributed by atoms with Crippen molar-refractivity contribution in [2.75, 3.05) is 64.0 Å². The van der Waals surface area contributed by atoms with Crippen LogP contribution in [0.5, 0.6) is 6.01 Å². The molecule has 4 aliphatic rings. The van der Waals surface area contributed by atoms with Gasteiger partial charge in [0.05, 0.1) is 22.9 Å². The maximum absolute atomic E-state index is 15.9. The molecule has 4 fully saturated rings. The minimum atomic E-state index is -5.00. The van der Waals surface area contributed by atoms with Gasteiger partial charge < -0.3 is 25.6 Å². The van der Waals surface area contributed by atoms with Crippen LogP contribution in [0.4, 0.5) is 42.0 Å². The zero-order valence-electron chi connectivity index (χ0n) is 34.7. The van der Waals surface area contributed by atoms with Gasteiger partial charge in [0.25, 0.3) is 0 Å². The first kappa shape index (κ1) is 45.5. The van der Waals surface area contributed by atoms with Gasteiger partial charge in [-0.25, -0.2) is 18.0 Å². The number of rotatable bonds is 4. The summed E-state index contributed by atoms with van der Waals surface area (Å²) in [5.41, 5.74) is 2.88. The molecule has 4 aliphatic heterocycles. The number of nitrogens with two attached hydrogens (primary N) is 1. The smallest absolute Gasteiger partial charge is 0.417 e. The molecule has 6 heterocycles. The number of thiophene rings is 1. The van der Waals surface area contributed by atoms with Gasteiger partial charge in [-0.2, -0.15) is 28.4 Å². The van der Waals surface area contributed by atoms with Gasteiger partial charge in [-0.1, -0.05) is 40.7 Å². The number of nitrogens with one attached hydrogen (secondary N) is 1. The molecular weight excluding hydrogens is 795 g/mol. The molecule has 8 rings (SSSR count). The molecule has 4 saturated heterocycles. The van der Waals surface area contributed by atoms with E-state index in [1.165, 1.54) is 32.8 Å². The number of carbonyl (C=O) groups excluding carboxylic acids is 1. The molecule has 4 aromatic rings. The first-order chi connectivity index (χ1) is 28.0. The van der Waals surface area contributed by atoms with Gasteiger partial charge in [0.1, 0.15) is 34.4 Å². The Hall–Kier alpha value is -4.56. The van der Waals surface area contributed by atoms with Crippen molar-refractivity contribution in [3.8, 4) is 23.2 Å². The molecule has 322 valence electrons. The molecular formula is C42H54F6N8O2S. The highest BCUT2D eigenvalue weighted by molar-refractivity contribution is 7.23. The Bertz CT molecular complexity index is 2160. The van der Waals surface area contributed by atoms with Crippen LogP contribution in [-0.4, -0.2) is 95.8 Å². The molecule has 3 N–H and O–H groups in total. The number of alkyl halides is 4. The Morgan fingerprint density at radius 2 is 1.80 bits per heavy atom. The minimum absolute atomic E-state index is 0.0444. The van der Waals surface area contributed by atoms with E-state index < -0.39 is 40.6 Å². The monoisotopic (exact) mass is 848 g/mol. The topological polar surface area (TPSA) is 124 Å². The first-order valence-electron chi connectivity index (χ1n) is 20.2. The Balaban J connectivity index is 0.000000206. The molecule has 59 heavy (non-hydrogen) atoms. The summed E-state index contributed by atoms with van der Waals surface area (Å²) >= 11 is 0.698. The molecule has 0 radical (unpaired) electrons. The van der Waals surface area contributed by atoms with E-state index >= 15 is 4.39 Å². The number of aromatic nitrogens is 2. The van der Waals surface area contributed by atoms with Crippen LogP contribution in [0.2, 0.25) is 0 Å². The molecule has 10 nitrogen and oxygen atoms in total. The van der Waals surface area contributed by atoms with Crippen molar-refractivity contribution >= 4 is 49.2 Å². The van der Waals surface area contributed by atoms with Gasteiger partial charge >= 0.3 is 18.2 Å². The lowest BCUT2D eigenvalue weighted by atomic mass is 9.84. The number of methoxy groups -OCH3 is 1. The number of amides is 2. The molecule has 0 spiro atoms. The molecule has 3 unspecified atom stereocenters. The summed E-state index contributed by atoms with van der Waals surface area (Å²) in [4.78, 5) is 26.4. The Labute approximate surface area is 345 Å². The number of hydrogen-bond donors (Lipinski definition) is 2. The largest absolute Gasteiger partial charge is 0.467 e. The summed E-state index contributed by atoms with van der Waals surface area (Å²) in [5.74, 6) is -1.54. The molecule has 0 bridgehead atoms. The van der Waals surface area contributed by atoms with Gasteiger partial charge in [-0.05, 0) is 74.6 Å². The normalized spacial score (nSPS) is 20.9. The van der Waals surface area contributed by atoms with E-state index in [2.05, 4.69) is 41.0 Å². The number of hydrogen-bond acceptors (Lipinski definition) is 9. The molecule has 17 heteroatoms. The zero-order valence-corrected chi connectivity index (χ0v) is 35.5. The molecule has 2 aromatic heterocycles. The summed E-state index contributed by atoms with van der Waals surface area (Å²) in [6.45, 7) is 18.4. The molecule has 3 atom stereocenters. The predicted octanol–water partition coefficient (Wildman–Crippen LogP) is 10.1. The van der Waals surface area contributed by atoms with Crippen LogP contribution in [0.25, 0.3) is 32.1 Å². The van der Waals surface area contributed by atoms with Crippen molar-refractivity contribution in [2.45, 2.75) is 92.0 Å². The number of nitrogen functional groups attached to an aromatic ring is 1. The fourth-order valence-corrected chi connectivity index (χ4v) is 9.12. The van der Waals surface area contributed by atoms with Crippen molar-refractivity contribution in [1.29, 1.82) is 5.26 Å². The third-order valence-electron chi connectivity index (χ3n) is 11.5. The summed E-state index contributed by atoms with van der Waals surface area (Å²) in [6, 6.07) is 5.02. The summed E-state index contributed by atoms with van der Waals surface area (Å²) in [7, 11) is 1.23. The highest BCUT2D eigenvalue weighted by atomic mass is 32.1. The van der Waals surface area contributed by atoms with E-state index in [1.54, 1.807) is 13.0 Å². The number of urea groups is 1. The van der Waals surface area contributed by atoms with E-state index in [4.69, 9.17) is 10.5 Å². The lowest BCUT2D eigenvalue weighted by Gasteiger charge is -2.25. The van der Waals surface area contributed by atoms with Gasteiger partial charge in [-0.15, -0.1) is 11.3 Å². The van der Waals surface area contributed by atoms with Crippen LogP contribution >= 0.6 is 11.3 Å². The second kappa shape index (κ2) is 18.8. The van der Waals surface area contributed by atoms with Crippen molar-refractivity contribution in [1.82, 2.24) is 24.7 Å². The number of halogens is 6. The standard InChI is InChI=1S/C21H14F5N5OS.C12H22N2O.C7H12FN.C2H6/c1-3-29-19-9-6-11(21(24,25)26)14(15(23)16(9)30-20(31-19)32-2)8-4-5-12(22)17-13(8)10(7-27)18(28)33-17;1-10-8-14(9-12(10,2)3)11(15)13-6-4-5-7-13;8-6-4-7-2-1-3-9(7)5-6;1-2/h4-6H,3,28H2,1-2H3,(H,29,30,31);10H,4-9H2,1-3H3;6-7H,1-5H2;1-2H3. The number of fused-ring (bicyclic) bond motifs is 3. The number of nitrogens with zero attached hydrogens (tertiary/aromatic N) is 6. The number of benzene rings is 2. The highest BCUT2D eigenvalue weighted by Gasteiger charge is 2.41. The maximum Gasteiger partial charge on any atom is 0.417 e.